The highest BCUT2D eigenvalue weighted by atomic mass is 16.5. The minimum absolute atomic E-state index is 0.245. The highest BCUT2D eigenvalue weighted by molar-refractivity contribution is 6.02. The Kier molecular flexibility index (Phi) is 6.11. The zero-order valence-electron chi connectivity index (χ0n) is 14.9. The van der Waals surface area contributed by atoms with E-state index in [2.05, 4.69) is 0 Å². The fourth-order valence-electron chi connectivity index (χ4n) is 2.34. The van der Waals surface area contributed by atoms with Crippen molar-refractivity contribution in [2.75, 3.05) is 6.61 Å². The van der Waals surface area contributed by atoms with E-state index >= 15 is 0 Å². The van der Waals surface area contributed by atoms with Crippen molar-refractivity contribution < 1.29 is 23.9 Å². The summed E-state index contributed by atoms with van der Waals surface area (Å²) in [5, 5.41) is 0. The fraction of sp³-hybridized carbons (Fsp3) is 0.250. The maximum atomic E-state index is 12.5. The van der Waals surface area contributed by atoms with Gasteiger partial charge in [0.1, 0.15) is 5.75 Å². The zero-order chi connectivity index (χ0) is 19.3. The molecule has 0 saturated heterocycles. The van der Waals surface area contributed by atoms with Crippen LogP contribution in [0.1, 0.15) is 38.8 Å². The van der Waals surface area contributed by atoms with E-state index in [1.165, 1.54) is 24.3 Å². The largest absolute Gasteiger partial charge is 0.484 e. The molecular weight excluding hydrogens is 334 g/mol. The molecule has 2 aromatic carbocycles. The summed E-state index contributed by atoms with van der Waals surface area (Å²) in [6, 6.07) is 11.6. The molecule has 2 aromatic rings. The Morgan fingerprint density at radius 2 is 1.69 bits per heavy atom. The van der Waals surface area contributed by atoms with Gasteiger partial charge in [-0.25, -0.2) is 4.79 Å². The molecule has 6 heteroatoms. The summed E-state index contributed by atoms with van der Waals surface area (Å²) in [6.45, 7) is 5.04. The van der Waals surface area contributed by atoms with Crippen LogP contribution >= 0.6 is 0 Å². The second kappa shape index (κ2) is 8.29. The van der Waals surface area contributed by atoms with Crippen LogP contribution in [0.3, 0.4) is 0 Å². The molecule has 0 heterocycles. The van der Waals surface area contributed by atoms with Crippen LogP contribution in [-0.4, -0.2) is 30.4 Å². The normalized spacial score (nSPS) is 11.5. The monoisotopic (exact) mass is 355 g/mol. The van der Waals surface area contributed by atoms with E-state index in [0.29, 0.717) is 11.3 Å². The molecule has 0 spiro atoms. The van der Waals surface area contributed by atoms with Crippen LogP contribution in [0.2, 0.25) is 0 Å². The molecule has 2 N–H and O–H groups in total. The van der Waals surface area contributed by atoms with Crippen molar-refractivity contribution in [2.45, 2.75) is 26.9 Å². The van der Waals surface area contributed by atoms with Crippen LogP contribution < -0.4 is 10.5 Å². The van der Waals surface area contributed by atoms with Gasteiger partial charge >= 0.3 is 5.97 Å². The maximum absolute atomic E-state index is 12.5. The number of rotatable bonds is 7. The zero-order valence-corrected chi connectivity index (χ0v) is 14.9. The summed E-state index contributed by atoms with van der Waals surface area (Å²) in [6.07, 6.45) is -0.909. The van der Waals surface area contributed by atoms with Crippen molar-refractivity contribution in [1.29, 1.82) is 0 Å². The summed E-state index contributed by atoms with van der Waals surface area (Å²) < 4.78 is 10.4. The molecular formula is C20H21NO5. The highest BCUT2D eigenvalue weighted by Crippen LogP contribution is 2.17. The van der Waals surface area contributed by atoms with Crippen LogP contribution in [0.15, 0.2) is 42.5 Å². The Morgan fingerprint density at radius 1 is 1.04 bits per heavy atom. The van der Waals surface area contributed by atoms with E-state index in [9.17, 15) is 14.4 Å². The summed E-state index contributed by atoms with van der Waals surface area (Å²) in [4.78, 5) is 35.5. The lowest BCUT2D eigenvalue weighted by molar-refractivity contribution is -0.119. The Morgan fingerprint density at radius 3 is 2.31 bits per heavy atom. The predicted molar refractivity (Wildman–Crippen MR) is 96.3 cm³/mol. The third-order valence-corrected chi connectivity index (χ3v) is 3.78. The molecule has 0 aromatic heterocycles. The Bertz CT molecular complexity index is 827. The molecule has 0 aliphatic carbocycles. The van der Waals surface area contributed by atoms with Crippen LogP contribution in [0.5, 0.6) is 5.75 Å². The molecule has 136 valence electrons. The number of primary amides is 1. The lowest BCUT2D eigenvalue weighted by Gasteiger charge is -2.14. The molecule has 1 amide bonds. The predicted octanol–water partition coefficient (Wildman–Crippen LogP) is 2.60. The van der Waals surface area contributed by atoms with Crippen molar-refractivity contribution in [3.8, 4) is 5.75 Å². The highest BCUT2D eigenvalue weighted by Gasteiger charge is 2.22. The Labute approximate surface area is 151 Å². The number of aryl methyl sites for hydroxylation is 2. The van der Waals surface area contributed by atoms with E-state index < -0.39 is 18.0 Å². The van der Waals surface area contributed by atoms with E-state index in [1.54, 1.807) is 13.0 Å². The van der Waals surface area contributed by atoms with Gasteiger partial charge in [-0.05, 0) is 56.7 Å². The van der Waals surface area contributed by atoms with Gasteiger partial charge in [-0.2, -0.15) is 0 Å². The summed E-state index contributed by atoms with van der Waals surface area (Å²) in [5.41, 5.74) is 7.61. The van der Waals surface area contributed by atoms with Crippen LogP contribution in [-0.2, 0) is 9.53 Å². The molecule has 6 nitrogen and oxygen atoms in total. The number of benzene rings is 2. The molecule has 0 aliphatic heterocycles. The lowest BCUT2D eigenvalue weighted by atomic mass is 9.99. The standard InChI is InChI=1S/C20H21NO5/c1-12-4-5-13(2)17(10-12)19(23)14(3)26-20(24)15-6-8-16(9-7-15)25-11-18(21)22/h4-10,14H,11H2,1-3H3,(H2,21,22)/t14-/m1/s1. The van der Waals surface area contributed by atoms with E-state index in [0.717, 1.165) is 11.1 Å². The number of carbonyl (C=O) groups excluding carboxylic acids is 3. The molecule has 0 radical (unpaired) electrons. The van der Waals surface area contributed by atoms with E-state index in [-0.39, 0.29) is 18.0 Å². The fourth-order valence-corrected chi connectivity index (χ4v) is 2.34. The van der Waals surface area contributed by atoms with Crippen molar-refractivity contribution in [3.63, 3.8) is 0 Å². The second-order valence-electron chi connectivity index (χ2n) is 6.01. The van der Waals surface area contributed by atoms with Crippen molar-refractivity contribution in [3.05, 3.63) is 64.7 Å². The topological polar surface area (TPSA) is 95.7 Å². The molecule has 2 rings (SSSR count). The van der Waals surface area contributed by atoms with Gasteiger partial charge in [-0.1, -0.05) is 17.7 Å². The summed E-state index contributed by atoms with van der Waals surface area (Å²) in [5.74, 6) is -1.05. The molecule has 0 fully saturated rings. The van der Waals surface area contributed by atoms with Crippen molar-refractivity contribution in [2.24, 2.45) is 5.73 Å². The number of hydrogen-bond donors (Lipinski definition) is 1. The van der Waals surface area contributed by atoms with Gasteiger partial charge in [0, 0.05) is 5.56 Å². The van der Waals surface area contributed by atoms with Gasteiger partial charge in [-0.3, -0.25) is 9.59 Å². The lowest BCUT2D eigenvalue weighted by Crippen LogP contribution is -2.25. The third-order valence-electron chi connectivity index (χ3n) is 3.78. The summed E-state index contributed by atoms with van der Waals surface area (Å²) >= 11 is 0. The summed E-state index contributed by atoms with van der Waals surface area (Å²) in [7, 11) is 0. The minimum Gasteiger partial charge on any atom is -0.484 e. The SMILES string of the molecule is Cc1ccc(C)c(C(=O)[C@@H](C)OC(=O)c2ccc(OCC(N)=O)cc2)c1. The number of nitrogens with two attached hydrogens (primary N) is 1. The Hall–Kier alpha value is -3.15. The first-order valence-corrected chi connectivity index (χ1v) is 8.11. The second-order valence-corrected chi connectivity index (χ2v) is 6.01. The third kappa shape index (κ3) is 4.92. The van der Waals surface area contributed by atoms with Crippen LogP contribution in [0.25, 0.3) is 0 Å². The van der Waals surface area contributed by atoms with Crippen molar-refractivity contribution >= 4 is 17.7 Å². The number of esters is 1. The number of carbonyl (C=O) groups is 3. The van der Waals surface area contributed by atoms with E-state index in [4.69, 9.17) is 15.2 Å². The number of amides is 1. The Balaban J connectivity index is 2.03. The molecule has 0 saturated carbocycles. The number of hydrogen-bond acceptors (Lipinski definition) is 5. The van der Waals surface area contributed by atoms with E-state index in [1.807, 2.05) is 26.0 Å². The average molecular weight is 355 g/mol. The van der Waals surface area contributed by atoms with Gasteiger partial charge in [0.2, 0.25) is 5.78 Å². The first-order valence-electron chi connectivity index (χ1n) is 8.11. The molecule has 0 aliphatic rings. The number of ketones is 1. The molecule has 0 bridgehead atoms. The first-order chi connectivity index (χ1) is 12.3. The van der Waals surface area contributed by atoms with Gasteiger partial charge in [-0.15, -0.1) is 0 Å². The molecule has 26 heavy (non-hydrogen) atoms. The smallest absolute Gasteiger partial charge is 0.338 e. The number of ether oxygens (including phenoxy) is 2. The maximum Gasteiger partial charge on any atom is 0.338 e. The van der Waals surface area contributed by atoms with Gasteiger partial charge in [0.25, 0.3) is 5.91 Å². The van der Waals surface area contributed by atoms with Gasteiger partial charge < -0.3 is 15.2 Å². The molecule has 0 unspecified atom stereocenters. The van der Waals surface area contributed by atoms with Crippen LogP contribution in [0, 0.1) is 13.8 Å². The van der Waals surface area contributed by atoms with Gasteiger partial charge in [0.15, 0.2) is 12.7 Å². The van der Waals surface area contributed by atoms with Crippen molar-refractivity contribution in [1.82, 2.24) is 0 Å². The average Bonchev–Trinajstić information content (AvgIpc) is 2.61. The van der Waals surface area contributed by atoms with Crippen LogP contribution in [0.4, 0.5) is 0 Å². The molecule has 1 atom stereocenters. The minimum atomic E-state index is -0.909. The van der Waals surface area contributed by atoms with Gasteiger partial charge in [0.05, 0.1) is 5.56 Å². The first kappa shape index (κ1) is 19.2. The number of Topliss-reactive ketones (excluding diaryl/α,β-unsaturated/α-hetero) is 1. The quantitative estimate of drug-likeness (QED) is 0.608.